The van der Waals surface area contributed by atoms with E-state index in [9.17, 15) is 9.59 Å². The maximum atomic E-state index is 11.9. The first-order valence-corrected chi connectivity index (χ1v) is 7.10. The van der Waals surface area contributed by atoms with Crippen molar-refractivity contribution in [2.45, 2.75) is 0 Å². The van der Waals surface area contributed by atoms with Crippen LogP contribution in [0.3, 0.4) is 0 Å². The molecule has 3 rings (SSSR count). The minimum absolute atomic E-state index is 0.383. The molecule has 5 heteroatoms. The van der Waals surface area contributed by atoms with Crippen LogP contribution >= 0.6 is 11.3 Å². The Morgan fingerprint density at radius 2 is 1.24 bits per heavy atom. The molecule has 0 unspecified atom stereocenters. The topological polar surface area (TPSA) is 52.6 Å². The smallest absolute Gasteiger partial charge is 0.339 e. The predicted octanol–water partition coefficient (Wildman–Crippen LogP) is 3.63. The van der Waals surface area contributed by atoms with Crippen LogP contribution in [0.1, 0.15) is 20.7 Å². The molecule has 21 heavy (non-hydrogen) atoms. The SMILES string of the molecule is COC(=O)c1cccc2c1sc1c(C(=O)OC)cccc12. The van der Waals surface area contributed by atoms with Gasteiger partial charge in [-0.1, -0.05) is 24.3 Å². The van der Waals surface area contributed by atoms with E-state index in [0.717, 1.165) is 20.2 Å². The summed E-state index contributed by atoms with van der Waals surface area (Å²) in [7, 11) is 2.71. The van der Waals surface area contributed by atoms with E-state index in [-0.39, 0.29) is 11.9 Å². The first-order valence-electron chi connectivity index (χ1n) is 6.28. The molecule has 0 N–H and O–H groups in total. The van der Waals surface area contributed by atoms with E-state index < -0.39 is 0 Å². The fourth-order valence-corrected chi connectivity index (χ4v) is 3.66. The van der Waals surface area contributed by atoms with Gasteiger partial charge in [0.25, 0.3) is 0 Å². The largest absolute Gasteiger partial charge is 0.465 e. The lowest BCUT2D eigenvalue weighted by Gasteiger charge is -2.00. The molecule has 1 aromatic heterocycles. The van der Waals surface area contributed by atoms with Crippen molar-refractivity contribution in [2.24, 2.45) is 0 Å². The highest BCUT2D eigenvalue weighted by molar-refractivity contribution is 7.26. The van der Waals surface area contributed by atoms with Crippen molar-refractivity contribution < 1.29 is 19.1 Å². The van der Waals surface area contributed by atoms with Crippen molar-refractivity contribution in [2.75, 3.05) is 14.2 Å². The van der Waals surface area contributed by atoms with Gasteiger partial charge in [0.1, 0.15) is 0 Å². The molecule has 0 saturated heterocycles. The summed E-state index contributed by atoms with van der Waals surface area (Å²) in [4.78, 5) is 23.7. The van der Waals surface area contributed by atoms with Crippen molar-refractivity contribution in [3.63, 3.8) is 0 Å². The molecule has 106 valence electrons. The molecule has 0 bridgehead atoms. The summed E-state index contributed by atoms with van der Waals surface area (Å²) in [6, 6.07) is 10.9. The standard InChI is InChI=1S/C16H12O4S/c1-19-15(17)11-7-3-5-9-10-6-4-8-12(16(18)20-2)14(10)21-13(9)11/h3-8H,1-2H3. The number of fused-ring (bicyclic) bond motifs is 3. The molecule has 2 aromatic carbocycles. The van der Waals surface area contributed by atoms with E-state index in [1.807, 2.05) is 24.3 Å². The Bertz CT molecular complexity index is 793. The Morgan fingerprint density at radius 1 is 0.810 bits per heavy atom. The summed E-state index contributed by atoms with van der Waals surface area (Å²) in [5.74, 6) is -0.765. The van der Waals surface area contributed by atoms with Gasteiger partial charge < -0.3 is 9.47 Å². The Balaban J connectivity index is 2.39. The number of ether oxygens (including phenoxy) is 2. The van der Waals surface area contributed by atoms with Crippen molar-refractivity contribution in [3.8, 4) is 0 Å². The first kappa shape index (κ1) is 13.6. The third kappa shape index (κ3) is 2.06. The molecule has 4 nitrogen and oxygen atoms in total. The number of hydrogen-bond acceptors (Lipinski definition) is 5. The highest BCUT2D eigenvalue weighted by Crippen LogP contribution is 2.38. The molecule has 0 saturated carbocycles. The van der Waals surface area contributed by atoms with Crippen LogP contribution in [-0.2, 0) is 9.47 Å². The summed E-state index contributed by atoms with van der Waals surface area (Å²) in [6.45, 7) is 0. The fourth-order valence-electron chi connectivity index (χ4n) is 2.36. The molecular formula is C16H12O4S. The molecule has 0 aliphatic heterocycles. The molecule has 0 atom stereocenters. The summed E-state index contributed by atoms with van der Waals surface area (Å²) in [5.41, 5.74) is 1.01. The van der Waals surface area contributed by atoms with Gasteiger partial charge in [0.05, 0.1) is 34.7 Å². The lowest BCUT2D eigenvalue weighted by atomic mass is 10.1. The van der Waals surface area contributed by atoms with Gasteiger partial charge in [-0.05, 0) is 12.1 Å². The number of carbonyl (C=O) groups excluding carboxylic acids is 2. The minimum Gasteiger partial charge on any atom is -0.465 e. The van der Waals surface area contributed by atoms with Crippen molar-refractivity contribution in [3.05, 3.63) is 47.5 Å². The Labute approximate surface area is 124 Å². The Kier molecular flexibility index (Phi) is 3.35. The quantitative estimate of drug-likeness (QED) is 0.678. The van der Waals surface area contributed by atoms with E-state index in [4.69, 9.17) is 9.47 Å². The van der Waals surface area contributed by atoms with Gasteiger partial charge in [-0.3, -0.25) is 0 Å². The molecule has 0 amide bonds. The van der Waals surface area contributed by atoms with Crippen LogP contribution in [0.15, 0.2) is 36.4 Å². The zero-order valence-corrected chi connectivity index (χ0v) is 12.3. The molecule has 0 fully saturated rings. The number of thiophene rings is 1. The third-order valence-corrected chi connectivity index (χ3v) is 4.62. The fraction of sp³-hybridized carbons (Fsp3) is 0.125. The van der Waals surface area contributed by atoms with E-state index in [1.165, 1.54) is 25.6 Å². The van der Waals surface area contributed by atoms with Crippen molar-refractivity contribution in [1.82, 2.24) is 0 Å². The lowest BCUT2D eigenvalue weighted by molar-refractivity contribution is 0.0594. The summed E-state index contributed by atoms with van der Waals surface area (Å²) < 4.78 is 11.3. The number of rotatable bonds is 2. The summed E-state index contributed by atoms with van der Waals surface area (Å²) in [5, 5.41) is 1.87. The Morgan fingerprint density at radius 3 is 1.62 bits per heavy atom. The minimum atomic E-state index is -0.383. The van der Waals surface area contributed by atoms with Gasteiger partial charge in [-0.25, -0.2) is 9.59 Å². The molecule has 0 aliphatic carbocycles. The van der Waals surface area contributed by atoms with Gasteiger partial charge in [-0.2, -0.15) is 0 Å². The van der Waals surface area contributed by atoms with Crippen LogP contribution in [0.25, 0.3) is 20.2 Å². The lowest BCUT2D eigenvalue weighted by Crippen LogP contribution is -2.00. The second-order valence-electron chi connectivity index (χ2n) is 4.45. The van der Waals surface area contributed by atoms with Gasteiger partial charge >= 0.3 is 11.9 Å². The maximum absolute atomic E-state index is 11.9. The van der Waals surface area contributed by atoms with Crippen molar-refractivity contribution >= 4 is 43.4 Å². The second-order valence-corrected chi connectivity index (χ2v) is 5.47. The number of hydrogen-bond donors (Lipinski definition) is 0. The second kappa shape index (κ2) is 5.18. The Hall–Kier alpha value is -2.40. The summed E-state index contributed by atoms with van der Waals surface area (Å²) in [6.07, 6.45) is 0. The molecule has 0 radical (unpaired) electrons. The van der Waals surface area contributed by atoms with E-state index in [1.54, 1.807) is 12.1 Å². The number of benzene rings is 2. The predicted molar refractivity (Wildman–Crippen MR) is 82.0 cm³/mol. The van der Waals surface area contributed by atoms with Crippen LogP contribution in [0.5, 0.6) is 0 Å². The van der Waals surface area contributed by atoms with Gasteiger partial charge in [0, 0.05) is 10.8 Å². The van der Waals surface area contributed by atoms with Crippen molar-refractivity contribution in [1.29, 1.82) is 0 Å². The first-order chi connectivity index (χ1) is 10.2. The van der Waals surface area contributed by atoms with Crippen LogP contribution in [0, 0.1) is 0 Å². The monoisotopic (exact) mass is 300 g/mol. The third-order valence-electron chi connectivity index (χ3n) is 3.33. The number of carbonyl (C=O) groups is 2. The molecule has 3 aromatic rings. The average Bonchev–Trinajstić information content (AvgIpc) is 2.91. The van der Waals surface area contributed by atoms with E-state index in [2.05, 4.69) is 0 Å². The van der Waals surface area contributed by atoms with E-state index >= 15 is 0 Å². The zero-order chi connectivity index (χ0) is 15.0. The number of esters is 2. The van der Waals surface area contributed by atoms with Gasteiger partial charge in [0.15, 0.2) is 0 Å². The molecule has 0 spiro atoms. The van der Waals surface area contributed by atoms with E-state index in [0.29, 0.717) is 11.1 Å². The van der Waals surface area contributed by atoms with Crippen LogP contribution < -0.4 is 0 Å². The summed E-state index contributed by atoms with van der Waals surface area (Å²) >= 11 is 1.40. The van der Waals surface area contributed by atoms with Gasteiger partial charge in [0.2, 0.25) is 0 Å². The molecule has 0 aliphatic rings. The average molecular weight is 300 g/mol. The number of methoxy groups -OCH3 is 2. The highest BCUT2D eigenvalue weighted by Gasteiger charge is 2.18. The van der Waals surface area contributed by atoms with Crippen LogP contribution in [0.2, 0.25) is 0 Å². The zero-order valence-electron chi connectivity index (χ0n) is 11.5. The maximum Gasteiger partial charge on any atom is 0.339 e. The van der Waals surface area contributed by atoms with Crippen LogP contribution in [0.4, 0.5) is 0 Å². The highest BCUT2D eigenvalue weighted by atomic mass is 32.1. The van der Waals surface area contributed by atoms with Gasteiger partial charge in [-0.15, -0.1) is 11.3 Å². The normalized spacial score (nSPS) is 10.8. The van der Waals surface area contributed by atoms with Crippen LogP contribution in [-0.4, -0.2) is 26.2 Å². The molecular weight excluding hydrogens is 288 g/mol. The molecule has 1 heterocycles.